The van der Waals surface area contributed by atoms with Crippen LogP contribution < -0.4 is 0 Å². The molecule has 0 saturated carbocycles. The van der Waals surface area contributed by atoms with Gasteiger partial charge in [-0.1, -0.05) is 6.42 Å². The monoisotopic (exact) mass is 254 g/mol. The molecule has 0 aromatic carbocycles. The fourth-order valence-corrected chi connectivity index (χ4v) is 2.64. The van der Waals surface area contributed by atoms with Crippen molar-refractivity contribution in [3.05, 3.63) is 0 Å². The van der Waals surface area contributed by atoms with Crippen LogP contribution in [-0.4, -0.2) is 49.1 Å². The molecular formula is C11H24Cl2N2. The summed E-state index contributed by atoms with van der Waals surface area (Å²) in [5.41, 5.74) is 0. The van der Waals surface area contributed by atoms with E-state index in [0.29, 0.717) is 0 Å². The van der Waals surface area contributed by atoms with Gasteiger partial charge in [-0.15, -0.1) is 24.8 Å². The van der Waals surface area contributed by atoms with Gasteiger partial charge in [-0.05, 0) is 58.9 Å². The fraction of sp³-hybridized carbons (Fsp3) is 1.00. The molecule has 2 nitrogen and oxygen atoms in total. The van der Waals surface area contributed by atoms with Crippen molar-refractivity contribution in [2.45, 2.75) is 38.1 Å². The fourth-order valence-electron chi connectivity index (χ4n) is 2.64. The first kappa shape index (κ1) is 15.5. The van der Waals surface area contributed by atoms with Crippen LogP contribution in [-0.2, 0) is 0 Å². The molecule has 0 amide bonds. The smallest absolute Gasteiger partial charge is 0.0120 e. The zero-order chi connectivity index (χ0) is 9.10. The van der Waals surface area contributed by atoms with Crippen LogP contribution in [0.4, 0.5) is 0 Å². The van der Waals surface area contributed by atoms with Crippen molar-refractivity contribution in [1.82, 2.24) is 9.80 Å². The van der Waals surface area contributed by atoms with Gasteiger partial charge in [0.05, 0.1) is 0 Å². The van der Waals surface area contributed by atoms with E-state index < -0.39 is 0 Å². The number of halogens is 2. The maximum Gasteiger partial charge on any atom is 0.0120 e. The second-order valence-electron chi connectivity index (χ2n) is 4.63. The molecule has 2 heterocycles. The minimum atomic E-state index is 0. The molecule has 0 radical (unpaired) electrons. The molecule has 0 aliphatic carbocycles. The van der Waals surface area contributed by atoms with Crippen LogP contribution >= 0.6 is 24.8 Å². The van der Waals surface area contributed by atoms with E-state index in [-0.39, 0.29) is 24.8 Å². The van der Waals surface area contributed by atoms with E-state index in [0.717, 1.165) is 6.04 Å². The highest BCUT2D eigenvalue weighted by Crippen LogP contribution is 2.19. The van der Waals surface area contributed by atoms with Crippen molar-refractivity contribution in [3.8, 4) is 0 Å². The Morgan fingerprint density at radius 1 is 0.800 bits per heavy atom. The molecule has 2 saturated heterocycles. The Labute approximate surface area is 106 Å². The number of hydrogen-bond acceptors (Lipinski definition) is 2. The molecule has 2 fully saturated rings. The standard InChI is InChI=1S/C11H22N2.2ClH/c1-12-9-5-11(6-10-12)13-7-3-2-4-8-13;;/h11H,2-10H2,1H3;2*1H. The van der Waals surface area contributed by atoms with Crippen molar-refractivity contribution >= 4 is 24.8 Å². The predicted molar refractivity (Wildman–Crippen MR) is 70.4 cm³/mol. The van der Waals surface area contributed by atoms with Crippen molar-refractivity contribution in [2.24, 2.45) is 0 Å². The van der Waals surface area contributed by atoms with Gasteiger partial charge in [0.25, 0.3) is 0 Å². The highest BCUT2D eigenvalue weighted by molar-refractivity contribution is 5.85. The summed E-state index contributed by atoms with van der Waals surface area (Å²) in [6.07, 6.45) is 7.13. The van der Waals surface area contributed by atoms with Gasteiger partial charge < -0.3 is 9.80 Å². The van der Waals surface area contributed by atoms with Crippen LogP contribution in [0.15, 0.2) is 0 Å². The average Bonchev–Trinajstić information content (AvgIpc) is 2.20. The summed E-state index contributed by atoms with van der Waals surface area (Å²) < 4.78 is 0. The number of rotatable bonds is 1. The molecule has 15 heavy (non-hydrogen) atoms. The van der Waals surface area contributed by atoms with E-state index in [4.69, 9.17) is 0 Å². The third-order valence-corrected chi connectivity index (χ3v) is 3.60. The third kappa shape index (κ3) is 4.48. The first-order chi connectivity index (χ1) is 6.36. The molecule has 0 unspecified atom stereocenters. The molecule has 0 N–H and O–H groups in total. The Hall–Kier alpha value is 0.500. The van der Waals surface area contributed by atoms with E-state index in [9.17, 15) is 0 Å². The Morgan fingerprint density at radius 3 is 1.87 bits per heavy atom. The summed E-state index contributed by atoms with van der Waals surface area (Å²) in [5, 5.41) is 0. The van der Waals surface area contributed by atoms with E-state index in [1.54, 1.807) is 0 Å². The SMILES string of the molecule is CN1CCC(N2CCCCC2)CC1.Cl.Cl. The summed E-state index contributed by atoms with van der Waals surface area (Å²) >= 11 is 0. The van der Waals surface area contributed by atoms with Gasteiger partial charge in [-0.2, -0.15) is 0 Å². The first-order valence-corrected chi connectivity index (χ1v) is 5.79. The van der Waals surface area contributed by atoms with Crippen LogP contribution in [0.2, 0.25) is 0 Å². The minimum Gasteiger partial charge on any atom is -0.306 e. The van der Waals surface area contributed by atoms with E-state index >= 15 is 0 Å². The molecule has 2 aliphatic heterocycles. The molecule has 0 atom stereocenters. The van der Waals surface area contributed by atoms with Gasteiger partial charge in [-0.3, -0.25) is 0 Å². The molecule has 2 rings (SSSR count). The predicted octanol–water partition coefficient (Wildman–Crippen LogP) is 2.41. The lowest BCUT2D eigenvalue weighted by molar-refractivity contribution is 0.103. The number of hydrogen-bond donors (Lipinski definition) is 0. The van der Waals surface area contributed by atoms with E-state index in [2.05, 4.69) is 16.8 Å². The molecule has 0 aromatic heterocycles. The lowest BCUT2D eigenvalue weighted by Crippen LogP contribution is -2.45. The molecular weight excluding hydrogens is 231 g/mol. The van der Waals surface area contributed by atoms with Gasteiger partial charge in [0, 0.05) is 6.04 Å². The molecule has 2 aliphatic rings. The molecule has 92 valence electrons. The topological polar surface area (TPSA) is 6.48 Å². The minimum absolute atomic E-state index is 0. The van der Waals surface area contributed by atoms with E-state index in [1.165, 1.54) is 58.3 Å². The normalized spacial score (nSPS) is 25.4. The van der Waals surface area contributed by atoms with Gasteiger partial charge in [-0.25, -0.2) is 0 Å². The molecule has 4 heteroatoms. The average molecular weight is 255 g/mol. The first-order valence-electron chi connectivity index (χ1n) is 5.79. The highest BCUT2D eigenvalue weighted by atomic mass is 35.5. The number of nitrogens with zero attached hydrogens (tertiary/aromatic N) is 2. The van der Waals surface area contributed by atoms with Crippen molar-refractivity contribution in [1.29, 1.82) is 0 Å². The van der Waals surface area contributed by atoms with Crippen molar-refractivity contribution in [3.63, 3.8) is 0 Å². The summed E-state index contributed by atoms with van der Waals surface area (Å²) in [6, 6.07) is 0.913. The van der Waals surface area contributed by atoms with Gasteiger partial charge in [0.15, 0.2) is 0 Å². The lowest BCUT2D eigenvalue weighted by Gasteiger charge is -2.39. The largest absolute Gasteiger partial charge is 0.306 e. The van der Waals surface area contributed by atoms with Crippen LogP contribution in [0.5, 0.6) is 0 Å². The summed E-state index contributed by atoms with van der Waals surface area (Å²) in [4.78, 5) is 5.19. The second kappa shape index (κ2) is 7.72. The van der Waals surface area contributed by atoms with Gasteiger partial charge >= 0.3 is 0 Å². The Bertz CT molecular complexity index is 153. The summed E-state index contributed by atoms with van der Waals surface area (Å²) in [5.74, 6) is 0. The van der Waals surface area contributed by atoms with Gasteiger partial charge in [0.2, 0.25) is 0 Å². The van der Waals surface area contributed by atoms with E-state index in [1.807, 2.05) is 0 Å². The lowest BCUT2D eigenvalue weighted by atomic mass is 10.0. The van der Waals surface area contributed by atoms with Crippen molar-refractivity contribution < 1.29 is 0 Å². The quantitative estimate of drug-likeness (QED) is 0.710. The Balaban J connectivity index is 0.000000980. The molecule has 0 bridgehead atoms. The van der Waals surface area contributed by atoms with Crippen LogP contribution in [0, 0.1) is 0 Å². The van der Waals surface area contributed by atoms with Crippen molar-refractivity contribution in [2.75, 3.05) is 33.2 Å². The zero-order valence-electron chi connectivity index (χ0n) is 9.65. The van der Waals surface area contributed by atoms with Crippen LogP contribution in [0.3, 0.4) is 0 Å². The maximum atomic E-state index is 2.73. The highest BCUT2D eigenvalue weighted by Gasteiger charge is 2.23. The maximum absolute atomic E-state index is 2.73. The Kier molecular flexibility index (Phi) is 7.98. The van der Waals surface area contributed by atoms with Crippen LogP contribution in [0.25, 0.3) is 0 Å². The Morgan fingerprint density at radius 2 is 1.33 bits per heavy atom. The molecule has 0 spiro atoms. The van der Waals surface area contributed by atoms with Crippen LogP contribution in [0.1, 0.15) is 32.1 Å². The third-order valence-electron chi connectivity index (χ3n) is 3.60. The summed E-state index contributed by atoms with van der Waals surface area (Å²) in [6.45, 7) is 5.35. The summed E-state index contributed by atoms with van der Waals surface area (Å²) in [7, 11) is 2.24. The number of likely N-dealkylation sites (tertiary alicyclic amines) is 2. The molecule has 0 aromatic rings. The number of piperidine rings is 2. The zero-order valence-corrected chi connectivity index (χ0v) is 11.3. The van der Waals surface area contributed by atoms with Gasteiger partial charge in [0.1, 0.15) is 0 Å². The second-order valence-corrected chi connectivity index (χ2v) is 4.63.